The van der Waals surface area contributed by atoms with Crippen LogP contribution in [0.25, 0.3) is 0 Å². The van der Waals surface area contributed by atoms with E-state index in [2.05, 4.69) is 15.6 Å². The third-order valence-electron chi connectivity index (χ3n) is 5.02. The minimum Gasteiger partial charge on any atom is -0.356 e. The number of aryl methyl sites for hydroxylation is 1. The van der Waals surface area contributed by atoms with Gasteiger partial charge in [0.15, 0.2) is 5.96 Å². The average Bonchev–Trinajstić information content (AvgIpc) is 3.17. The summed E-state index contributed by atoms with van der Waals surface area (Å²) in [5.74, 6) is 0.957. The smallest absolute Gasteiger partial charge is 0.250 e. The summed E-state index contributed by atoms with van der Waals surface area (Å²) in [6, 6.07) is 13.3. The Balaban J connectivity index is 0.00000320. The Kier molecular flexibility index (Phi) is 9.85. The predicted molar refractivity (Wildman–Crippen MR) is 132 cm³/mol. The first-order valence-corrected chi connectivity index (χ1v) is 10.2. The lowest BCUT2D eigenvalue weighted by Gasteiger charge is -2.16. The van der Waals surface area contributed by atoms with Crippen molar-refractivity contribution in [1.82, 2.24) is 15.2 Å². The second kappa shape index (κ2) is 12.4. The molecule has 1 amide bonds. The number of aliphatic imine (C=N–C) groups is 1. The molecule has 2 aromatic rings. The van der Waals surface area contributed by atoms with Crippen LogP contribution in [-0.4, -0.2) is 36.6 Å². The third kappa shape index (κ3) is 6.86. The zero-order chi connectivity index (χ0) is 20.5. The highest BCUT2D eigenvalue weighted by atomic mass is 127. The van der Waals surface area contributed by atoms with Gasteiger partial charge in [-0.25, -0.2) is 0 Å². The van der Waals surface area contributed by atoms with Gasteiger partial charge in [0.25, 0.3) is 0 Å². The van der Waals surface area contributed by atoms with Crippen LogP contribution in [0.2, 0.25) is 0 Å². The number of nitrogens with one attached hydrogen (secondary N) is 2. The zero-order valence-electron chi connectivity index (χ0n) is 17.3. The fraction of sp³-hybridized carbons (Fsp3) is 0.409. The molecule has 162 valence electrons. The lowest BCUT2D eigenvalue weighted by atomic mass is 10.2. The van der Waals surface area contributed by atoms with Crippen LogP contribution in [0.5, 0.6) is 0 Å². The molecule has 1 aliphatic rings. The quantitative estimate of drug-likeness (QED) is 0.242. The highest BCUT2D eigenvalue weighted by molar-refractivity contribution is 14.0. The van der Waals surface area contributed by atoms with Crippen molar-refractivity contribution in [2.24, 2.45) is 4.99 Å². The van der Waals surface area contributed by atoms with E-state index in [0.29, 0.717) is 13.0 Å². The molecular formula is C22H30IN5O2. The molecular weight excluding hydrogens is 493 g/mol. The molecule has 2 N–H and O–H groups in total. The van der Waals surface area contributed by atoms with E-state index in [1.807, 2.05) is 41.4 Å². The molecule has 0 saturated carbocycles. The standard InChI is InChI=1S/C22H29N5O2.HI/c1-23-22(24-13-3-5-15-26-14-4-2-7-20(26)28)25-17-18-9-11-19(12-10-18)27-16-6-8-21(27)29;/h2,4,7,9-12,14H,3,5-6,8,13,15-17H2,1H3,(H2,23,24,25);1H. The molecule has 8 heteroatoms. The summed E-state index contributed by atoms with van der Waals surface area (Å²) >= 11 is 0. The highest BCUT2D eigenvalue weighted by Crippen LogP contribution is 2.21. The maximum Gasteiger partial charge on any atom is 0.250 e. The Hall–Kier alpha value is -2.36. The monoisotopic (exact) mass is 523 g/mol. The first kappa shape index (κ1) is 23.9. The number of anilines is 1. The van der Waals surface area contributed by atoms with Crippen molar-refractivity contribution in [2.45, 2.75) is 38.8 Å². The highest BCUT2D eigenvalue weighted by Gasteiger charge is 2.21. The largest absolute Gasteiger partial charge is 0.356 e. The van der Waals surface area contributed by atoms with E-state index in [4.69, 9.17) is 0 Å². The van der Waals surface area contributed by atoms with Gasteiger partial charge in [0.1, 0.15) is 0 Å². The van der Waals surface area contributed by atoms with E-state index >= 15 is 0 Å². The number of nitrogens with zero attached hydrogens (tertiary/aromatic N) is 3. The van der Waals surface area contributed by atoms with Gasteiger partial charge < -0.3 is 20.1 Å². The summed E-state index contributed by atoms with van der Waals surface area (Å²) in [7, 11) is 1.75. The number of guanidine groups is 1. The van der Waals surface area contributed by atoms with Gasteiger partial charge in [-0.1, -0.05) is 18.2 Å². The van der Waals surface area contributed by atoms with Crippen molar-refractivity contribution in [1.29, 1.82) is 0 Å². The molecule has 1 aromatic heterocycles. The summed E-state index contributed by atoms with van der Waals surface area (Å²) in [6.07, 6.45) is 5.27. The van der Waals surface area contributed by atoms with Crippen molar-refractivity contribution in [3.05, 3.63) is 64.6 Å². The number of rotatable bonds is 8. The van der Waals surface area contributed by atoms with E-state index < -0.39 is 0 Å². The van der Waals surface area contributed by atoms with Crippen molar-refractivity contribution in [3.63, 3.8) is 0 Å². The number of benzene rings is 1. The van der Waals surface area contributed by atoms with Crippen molar-refractivity contribution >= 4 is 41.5 Å². The Labute approximate surface area is 194 Å². The number of unbranched alkanes of at least 4 members (excludes halogenated alkanes) is 1. The van der Waals surface area contributed by atoms with Gasteiger partial charge in [-0.05, 0) is 43.0 Å². The molecule has 1 saturated heterocycles. The summed E-state index contributed by atoms with van der Waals surface area (Å²) in [5, 5.41) is 6.61. The van der Waals surface area contributed by atoms with E-state index in [9.17, 15) is 9.59 Å². The van der Waals surface area contributed by atoms with Crippen LogP contribution < -0.4 is 21.1 Å². The Morgan fingerprint density at radius 3 is 2.53 bits per heavy atom. The van der Waals surface area contributed by atoms with Gasteiger partial charge in [0, 0.05) is 57.6 Å². The Morgan fingerprint density at radius 1 is 1.07 bits per heavy atom. The number of hydrogen-bond donors (Lipinski definition) is 2. The van der Waals surface area contributed by atoms with E-state index in [0.717, 1.165) is 56.1 Å². The lowest BCUT2D eigenvalue weighted by molar-refractivity contribution is -0.117. The number of amides is 1. The molecule has 7 nitrogen and oxygen atoms in total. The maximum absolute atomic E-state index is 11.8. The fourth-order valence-electron chi connectivity index (χ4n) is 3.38. The van der Waals surface area contributed by atoms with Gasteiger partial charge in [-0.3, -0.25) is 14.6 Å². The summed E-state index contributed by atoms with van der Waals surface area (Å²) in [6.45, 7) is 2.98. The van der Waals surface area contributed by atoms with Crippen molar-refractivity contribution in [3.8, 4) is 0 Å². The molecule has 0 aliphatic carbocycles. The van der Waals surface area contributed by atoms with Gasteiger partial charge in [-0.2, -0.15) is 0 Å². The van der Waals surface area contributed by atoms with Crippen LogP contribution >= 0.6 is 24.0 Å². The molecule has 2 heterocycles. The molecule has 0 unspecified atom stereocenters. The van der Waals surface area contributed by atoms with Crippen LogP contribution in [0.15, 0.2) is 58.4 Å². The number of hydrogen-bond acceptors (Lipinski definition) is 3. The minimum absolute atomic E-state index is 0. The topological polar surface area (TPSA) is 78.7 Å². The van der Waals surface area contributed by atoms with E-state index in [-0.39, 0.29) is 35.4 Å². The molecule has 1 aromatic carbocycles. The van der Waals surface area contributed by atoms with Gasteiger partial charge in [0.2, 0.25) is 11.5 Å². The number of aromatic nitrogens is 1. The zero-order valence-corrected chi connectivity index (χ0v) is 19.7. The molecule has 0 atom stereocenters. The van der Waals surface area contributed by atoms with Crippen molar-refractivity contribution < 1.29 is 4.79 Å². The molecule has 30 heavy (non-hydrogen) atoms. The summed E-state index contributed by atoms with van der Waals surface area (Å²) in [5.41, 5.74) is 2.14. The second-order valence-corrected chi connectivity index (χ2v) is 7.11. The first-order valence-electron chi connectivity index (χ1n) is 10.2. The van der Waals surface area contributed by atoms with Crippen LogP contribution in [0, 0.1) is 0 Å². The molecule has 0 bridgehead atoms. The number of pyridine rings is 1. The maximum atomic E-state index is 11.8. The van der Waals surface area contributed by atoms with Gasteiger partial charge in [0.05, 0.1) is 0 Å². The fourth-order valence-corrected chi connectivity index (χ4v) is 3.38. The van der Waals surface area contributed by atoms with Crippen molar-refractivity contribution in [2.75, 3.05) is 25.0 Å². The van der Waals surface area contributed by atoms with E-state index in [1.165, 1.54) is 0 Å². The van der Waals surface area contributed by atoms with Gasteiger partial charge in [-0.15, -0.1) is 24.0 Å². The van der Waals surface area contributed by atoms with Crippen LogP contribution in [0.1, 0.15) is 31.2 Å². The Morgan fingerprint density at radius 2 is 1.87 bits per heavy atom. The molecule has 3 rings (SSSR count). The van der Waals surface area contributed by atoms with Crippen LogP contribution in [-0.2, 0) is 17.9 Å². The molecule has 0 radical (unpaired) electrons. The summed E-state index contributed by atoms with van der Waals surface area (Å²) in [4.78, 5) is 29.6. The molecule has 1 fully saturated rings. The average molecular weight is 523 g/mol. The van der Waals surface area contributed by atoms with Crippen LogP contribution in [0.4, 0.5) is 5.69 Å². The third-order valence-corrected chi connectivity index (χ3v) is 5.02. The lowest BCUT2D eigenvalue weighted by Crippen LogP contribution is -2.37. The number of carbonyl (C=O) groups excluding carboxylic acids is 1. The number of carbonyl (C=O) groups is 1. The SMILES string of the molecule is CN=C(NCCCCn1ccccc1=O)NCc1ccc(N2CCCC2=O)cc1.I. The Bertz CT molecular complexity index is 895. The normalized spacial score (nSPS) is 13.8. The second-order valence-electron chi connectivity index (χ2n) is 7.11. The molecule has 1 aliphatic heterocycles. The summed E-state index contributed by atoms with van der Waals surface area (Å²) < 4.78 is 1.73. The molecule has 0 spiro atoms. The van der Waals surface area contributed by atoms with Gasteiger partial charge >= 0.3 is 0 Å². The first-order chi connectivity index (χ1) is 14.2. The number of halogens is 1. The van der Waals surface area contributed by atoms with Crippen LogP contribution in [0.3, 0.4) is 0 Å². The minimum atomic E-state index is 0. The van der Waals surface area contributed by atoms with E-state index in [1.54, 1.807) is 23.7 Å². The predicted octanol–water partition coefficient (Wildman–Crippen LogP) is 2.74.